The second-order valence-corrected chi connectivity index (χ2v) is 5.89. The zero-order valence-electron chi connectivity index (χ0n) is 11.0. The van der Waals surface area contributed by atoms with Gasteiger partial charge in [-0.05, 0) is 32.8 Å². The maximum atomic E-state index is 11.9. The third-order valence-corrected chi connectivity index (χ3v) is 4.52. The molecule has 1 unspecified atom stereocenters. The SMILES string of the molecule is COC(=O)C(C)(CSc1ccoc1C)NC1CC1. The number of hydrogen-bond acceptors (Lipinski definition) is 5. The highest BCUT2D eigenvalue weighted by molar-refractivity contribution is 7.99. The van der Waals surface area contributed by atoms with Crippen molar-refractivity contribution < 1.29 is 13.9 Å². The lowest BCUT2D eigenvalue weighted by molar-refractivity contribution is -0.147. The van der Waals surface area contributed by atoms with Crippen LogP contribution in [0.3, 0.4) is 0 Å². The molecule has 1 heterocycles. The molecule has 1 aliphatic rings. The number of carbonyl (C=O) groups is 1. The molecule has 1 aromatic rings. The van der Waals surface area contributed by atoms with Crippen LogP contribution >= 0.6 is 11.8 Å². The van der Waals surface area contributed by atoms with E-state index in [1.807, 2.05) is 19.9 Å². The van der Waals surface area contributed by atoms with Crippen molar-refractivity contribution in [1.82, 2.24) is 5.32 Å². The maximum Gasteiger partial charge on any atom is 0.326 e. The van der Waals surface area contributed by atoms with Gasteiger partial charge in [0, 0.05) is 16.7 Å². The third-order valence-electron chi connectivity index (χ3n) is 3.06. The smallest absolute Gasteiger partial charge is 0.326 e. The Labute approximate surface area is 111 Å². The van der Waals surface area contributed by atoms with E-state index in [2.05, 4.69) is 5.32 Å². The van der Waals surface area contributed by atoms with E-state index in [1.165, 1.54) is 7.11 Å². The van der Waals surface area contributed by atoms with Crippen molar-refractivity contribution in [3.63, 3.8) is 0 Å². The number of methoxy groups -OCH3 is 1. The van der Waals surface area contributed by atoms with E-state index in [0.717, 1.165) is 23.5 Å². The van der Waals surface area contributed by atoms with Crippen molar-refractivity contribution in [3.05, 3.63) is 18.1 Å². The van der Waals surface area contributed by atoms with Gasteiger partial charge in [-0.2, -0.15) is 0 Å². The number of carbonyl (C=O) groups excluding carboxylic acids is 1. The molecule has 1 aliphatic carbocycles. The fraction of sp³-hybridized carbons (Fsp3) is 0.615. The van der Waals surface area contributed by atoms with Gasteiger partial charge in [-0.15, -0.1) is 11.8 Å². The van der Waals surface area contributed by atoms with Gasteiger partial charge in [0.05, 0.1) is 13.4 Å². The van der Waals surface area contributed by atoms with Gasteiger partial charge < -0.3 is 9.15 Å². The molecule has 5 heteroatoms. The molecular formula is C13H19NO3S. The number of hydrogen-bond donors (Lipinski definition) is 1. The van der Waals surface area contributed by atoms with Crippen molar-refractivity contribution in [2.45, 2.75) is 43.2 Å². The Morgan fingerprint density at radius 3 is 2.89 bits per heavy atom. The molecule has 1 saturated carbocycles. The van der Waals surface area contributed by atoms with Gasteiger partial charge in [0.25, 0.3) is 0 Å². The van der Waals surface area contributed by atoms with E-state index in [-0.39, 0.29) is 5.97 Å². The Hall–Kier alpha value is -0.940. The molecule has 1 N–H and O–H groups in total. The van der Waals surface area contributed by atoms with Gasteiger partial charge in [-0.1, -0.05) is 0 Å². The molecule has 0 saturated heterocycles. The zero-order valence-corrected chi connectivity index (χ0v) is 11.8. The highest BCUT2D eigenvalue weighted by atomic mass is 32.2. The van der Waals surface area contributed by atoms with Crippen LogP contribution in [0.2, 0.25) is 0 Å². The fourth-order valence-electron chi connectivity index (χ4n) is 1.81. The van der Waals surface area contributed by atoms with Crippen LogP contribution in [-0.2, 0) is 9.53 Å². The summed E-state index contributed by atoms with van der Waals surface area (Å²) in [6.07, 6.45) is 3.95. The summed E-state index contributed by atoms with van der Waals surface area (Å²) in [6, 6.07) is 2.38. The van der Waals surface area contributed by atoms with Gasteiger partial charge in [-0.3, -0.25) is 10.1 Å². The zero-order chi connectivity index (χ0) is 13.2. The molecule has 0 bridgehead atoms. The van der Waals surface area contributed by atoms with Gasteiger partial charge in [0.15, 0.2) is 0 Å². The van der Waals surface area contributed by atoms with Gasteiger partial charge in [0.2, 0.25) is 0 Å². The highest BCUT2D eigenvalue weighted by Gasteiger charge is 2.39. The van der Waals surface area contributed by atoms with Crippen molar-refractivity contribution in [3.8, 4) is 0 Å². The average molecular weight is 269 g/mol. The first-order chi connectivity index (χ1) is 8.55. The van der Waals surface area contributed by atoms with E-state index >= 15 is 0 Å². The Bertz CT molecular complexity index is 428. The van der Waals surface area contributed by atoms with Crippen molar-refractivity contribution >= 4 is 17.7 Å². The minimum absolute atomic E-state index is 0.206. The van der Waals surface area contributed by atoms with E-state index in [1.54, 1.807) is 18.0 Å². The standard InChI is InChI=1S/C13H19NO3S/c1-9-11(6-7-17-9)18-8-13(2,12(15)16-3)14-10-4-5-10/h6-7,10,14H,4-5,8H2,1-3H3. The van der Waals surface area contributed by atoms with Crippen LogP contribution in [0, 0.1) is 6.92 Å². The van der Waals surface area contributed by atoms with Crippen LogP contribution < -0.4 is 5.32 Å². The Morgan fingerprint density at radius 2 is 2.39 bits per heavy atom. The molecule has 1 aromatic heterocycles. The summed E-state index contributed by atoms with van der Waals surface area (Å²) >= 11 is 1.62. The first-order valence-electron chi connectivity index (χ1n) is 6.08. The fourth-order valence-corrected chi connectivity index (χ4v) is 2.86. The van der Waals surface area contributed by atoms with E-state index in [4.69, 9.17) is 9.15 Å². The Balaban J connectivity index is 2.00. The summed E-state index contributed by atoms with van der Waals surface area (Å²) in [5, 5.41) is 3.37. The second-order valence-electron chi connectivity index (χ2n) is 4.87. The molecule has 0 aliphatic heterocycles. The molecule has 0 radical (unpaired) electrons. The Kier molecular flexibility index (Phi) is 4.02. The lowest BCUT2D eigenvalue weighted by Crippen LogP contribution is -2.53. The van der Waals surface area contributed by atoms with Crippen LogP contribution in [0.25, 0.3) is 0 Å². The number of nitrogens with one attached hydrogen (secondary N) is 1. The van der Waals surface area contributed by atoms with Crippen molar-refractivity contribution in [2.24, 2.45) is 0 Å². The summed E-state index contributed by atoms with van der Waals surface area (Å²) in [5.74, 6) is 1.32. The van der Waals surface area contributed by atoms with Crippen LogP contribution in [0.5, 0.6) is 0 Å². The summed E-state index contributed by atoms with van der Waals surface area (Å²) in [6.45, 7) is 3.83. The lowest BCUT2D eigenvalue weighted by Gasteiger charge is -2.27. The number of furan rings is 1. The van der Waals surface area contributed by atoms with Crippen LogP contribution in [0.15, 0.2) is 21.6 Å². The highest BCUT2D eigenvalue weighted by Crippen LogP contribution is 2.30. The molecular weight excluding hydrogens is 250 g/mol. The molecule has 0 spiro atoms. The van der Waals surface area contributed by atoms with Gasteiger partial charge in [0.1, 0.15) is 11.3 Å². The van der Waals surface area contributed by atoms with Gasteiger partial charge in [-0.25, -0.2) is 0 Å². The summed E-state index contributed by atoms with van der Waals surface area (Å²) in [7, 11) is 1.43. The van der Waals surface area contributed by atoms with E-state index in [0.29, 0.717) is 11.8 Å². The topological polar surface area (TPSA) is 51.5 Å². The maximum absolute atomic E-state index is 11.9. The molecule has 0 aromatic carbocycles. The van der Waals surface area contributed by atoms with Gasteiger partial charge >= 0.3 is 5.97 Å². The number of rotatable bonds is 6. The van der Waals surface area contributed by atoms with Crippen LogP contribution in [-0.4, -0.2) is 30.4 Å². The summed E-state index contributed by atoms with van der Waals surface area (Å²) in [4.78, 5) is 13.0. The van der Waals surface area contributed by atoms with Crippen molar-refractivity contribution in [2.75, 3.05) is 12.9 Å². The first-order valence-corrected chi connectivity index (χ1v) is 7.07. The number of aryl methyl sites for hydroxylation is 1. The second kappa shape index (κ2) is 5.36. The molecule has 4 nitrogen and oxygen atoms in total. The molecule has 1 atom stereocenters. The minimum Gasteiger partial charge on any atom is -0.468 e. The van der Waals surface area contributed by atoms with Crippen LogP contribution in [0.1, 0.15) is 25.5 Å². The summed E-state index contributed by atoms with van der Waals surface area (Å²) in [5.41, 5.74) is -0.635. The minimum atomic E-state index is -0.635. The lowest BCUT2D eigenvalue weighted by atomic mass is 10.1. The quantitative estimate of drug-likeness (QED) is 0.634. The monoisotopic (exact) mass is 269 g/mol. The predicted octanol–water partition coefficient (Wildman–Crippen LogP) is 2.36. The largest absolute Gasteiger partial charge is 0.468 e. The number of esters is 1. The first kappa shape index (κ1) is 13.5. The van der Waals surface area contributed by atoms with Crippen molar-refractivity contribution in [1.29, 1.82) is 0 Å². The Morgan fingerprint density at radius 1 is 1.67 bits per heavy atom. The molecule has 1 fully saturated rings. The summed E-state index contributed by atoms with van der Waals surface area (Å²) < 4.78 is 10.2. The normalized spacial score (nSPS) is 18.4. The number of thioether (sulfide) groups is 1. The number of ether oxygens (including phenoxy) is 1. The third kappa shape index (κ3) is 3.09. The molecule has 2 rings (SSSR count). The molecule has 100 valence electrons. The van der Waals surface area contributed by atoms with Crippen LogP contribution in [0.4, 0.5) is 0 Å². The van der Waals surface area contributed by atoms with E-state index < -0.39 is 5.54 Å². The average Bonchev–Trinajstić information content (AvgIpc) is 3.06. The van der Waals surface area contributed by atoms with E-state index in [9.17, 15) is 4.79 Å². The predicted molar refractivity (Wildman–Crippen MR) is 70.7 cm³/mol. The molecule has 18 heavy (non-hydrogen) atoms. The molecule has 0 amide bonds.